The molecule has 14 heavy (non-hydrogen) atoms. The SMILES string of the molecule is Oc1ccccc1Oc1cc[c]cc1. The fourth-order valence-electron chi connectivity index (χ4n) is 1.11. The van der Waals surface area contributed by atoms with Crippen molar-refractivity contribution in [2.45, 2.75) is 0 Å². The highest BCUT2D eigenvalue weighted by atomic mass is 16.5. The zero-order valence-electron chi connectivity index (χ0n) is 7.47. The maximum atomic E-state index is 9.44. The highest BCUT2D eigenvalue weighted by Gasteiger charge is 2.00. The second-order valence-corrected chi connectivity index (χ2v) is 2.81. The molecule has 0 fully saturated rings. The number of benzene rings is 2. The van der Waals surface area contributed by atoms with E-state index in [-0.39, 0.29) is 5.75 Å². The Kier molecular flexibility index (Phi) is 2.36. The first-order valence-electron chi connectivity index (χ1n) is 4.28. The van der Waals surface area contributed by atoms with Crippen molar-refractivity contribution in [1.82, 2.24) is 0 Å². The molecule has 0 unspecified atom stereocenters. The number of phenolic OH excluding ortho intramolecular Hbond substituents is 1. The van der Waals surface area contributed by atoms with E-state index in [1.54, 1.807) is 42.5 Å². The Morgan fingerprint density at radius 3 is 2.43 bits per heavy atom. The molecular formula is C12H9O2. The summed E-state index contributed by atoms with van der Waals surface area (Å²) in [7, 11) is 0. The first kappa shape index (κ1) is 8.63. The van der Waals surface area contributed by atoms with Gasteiger partial charge in [0, 0.05) is 0 Å². The molecule has 0 aliphatic rings. The van der Waals surface area contributed by atoms with Gasteiger partial charge in [-0.05, 0) is 30.3 Å². The highest BCUT2D eigenvalue weighted by molar-refractivity contribution is 5.41. The Balaban J connectivity index is 2.24. The van der Waals surface area contributed by atoms with Gasteiger partial charge in [0.05, 0.1) is 0 Å². The summed E-state index contributed by atoms with van der Waals surface area (Å²) in [4.78, 5) is 0. The van der Waals surface area contributed by atoms with E-state index in [1.165, 1.54) is 0 Å². The lowest BCUT2D eigenvalue weighted by Crippen LogP contribution is -1.83. The van der Waals surface area contributed by atoms with Gasteiger partial charge < -0.3 is 9.84 Å². The molecule has 1 radical (unpaired) electrons. The van der Waals surface area contributed by atoms with E-state index in [0.717, 1.165) is 0 Å². The fraction of sp³-hybridized carbons (Fsp3) is 0. The van der Waals surface area contributed by atoms with E-state index in [2.05, 4.69) is 6.07 Å². The molecule has 0 aliphatic carbocycles. The minimum Gasteiger partial charge on any atom is -0.504 e. The molecule has 1 N–H and O–H groups in total. The van der Waals surface area contributed by atoms with Crippen LogP contribution in [0.25, 0.3) is 0 Å². The summed E-state index contributed by atoms with van der Waals surface area (Å²) in [6.07, 6.45) is 0. The lowest BCUT2D eigenvalue weighted by molar-refractivity contribution is 0.411. The van der Waals surface area contributed by atoms with Crippen molar-refractivity contribution >= 4 is 0 Å². The Morgan fingerprint density at radius 1 is 1.00 bits per heavy atom. The van der Waals surface area contributed by atoms with Crippen LogP contribution in [0.15, 0.2) is 48.5 Å². The van der Waals surface area contributed by atoms with Gasteiger partial charge in [-0.1, -0.05) is 24.3 Å². The third kappa shape index (κ3) is 1.85. The van der Waals surface area contributed by atoms with Gasteiger partial charge in [0.1, 0.15) is 5.75 Å². The fourth-order valence-corrected chi connectivity index (χ4v) is 1.11. The van der Waals surface area contributed by atoms with Crippen molar-refractivity contribution in [3.63, 3.8) is 0 Å². The quantitative estimate of drug-likeness (QED) is 0.779. The Morgan fingerprint density at radius 2 is 1.71 bits per heavy atom. The second-order valence-electron chi connectivity index (χ2n) is 2.81. The topological polar surface area (TPSA) is 29.5 Å². The van der Waals surface area contributed by atoms with Gasteiger partial charge >= 0.3 is 0 Å². The van der Waals surface area contributed by atoms with Crippen molar-refractivity contribution in [2.75, 3.05) is 0 Å². The number of hydrogen-bond donors (Lipinski definition) is 1. The predicted octanol–water partition coefficient (Wildman–Crippen LogP) is 2.98. The second kappa shape index (κ2) is 3.83. The number of rotatable bonds is 2. The van der Waals surface area contributed by atoms with E-state index in [9.17, 15) is 5.11 Å². The first-order chi connectivity index (χ1) is 6.86. The van der Waals surface area contributed by atoms with E-state index < -0.39 is 0 Å². The minimum atomic E-state index is 0.139. The third-order valence-corrected chi connectivity index (χ3v) is 1.78. The van der Waals surface area contributed by atoms with Crippen LogP contribution in [0, 0.1) is 6.07 Å². The van der Waals surface area contributed by atoms with Crippen molar-refractivity contribution < 1.29 is 9.84 Å². The molecule has 2 heteroatoms. The Hall–Kier alpha value is -1.96. The molecule has 0 amide bonds. The molecule has 2 nitrogen and oxygen atoms in total. The lowest BCUT2D eigenvalue weighted by Gasteiger charge is -2.06. The number of hydrogen-bond acceptors (Lipinski definition) is 2. The minimum absolute atomic E-state index is 0.139. The van der Waals surface area contributed by atoms with E-state index in [1.807, 2.05) is 6.07 Å². The number of para-hydroxylation sites is 2. The van der Waals surface area contributed by atoms with Gasteiger partial charge in [0.2, 0.25) is 0 Å². The zero-order chi connectivity index (χ0) is 9.80. The molecule has 0 bridgehead atoms. The van der Waals surface area contributed by atoms with Gasteiger partial charge in [0.15, 0.2) is 11.5 Å². The molecule has 69 valence electrons. The van der Waals surface area contributed by atoms with Crippen molar-refractivity contribution in [3.8, 4) is 17.2 Å². The number of aromatic hydroxyl groups is 1. The summed E-state index contributed by atoms with van der Waals surface area (Å²) in [6, 6.07) is 16.8. The van der Waals surface area contributed by atoms with Crippen LogP contribution in [-0.2, 0) is 0 Å². The van der Waals surface area contributed by atoms with Crippen molar-refractivity contribution in [3.05, 3.63) is 54.6 Å². The standard InChI is InChI=1S/C12H9O2/c13-11-8-4-5-9-12(11)14-10-6-2-1-3-7-10/h2-9,13H. The zero-order valence-corrected chi connectivity index (χ0v) is 7.47. The number of phenols is 1. The summed E-state index contributed by atoms with van der Waals surface area (Å²) in [5.41, 5.74) is 0. The largest absolute Gasteiger partial charge is 0.504 e. The van der Waals surface area contributed by atoms with Gasteiger partial charge in [-0.2, -0.15) is 0 Å². The van der Waals surface area contributed by atoms with E-state index in [4.69, 9.17) is 4.74 Å². The molecule has 0 aromatic heterocycles. The average Bonchev–Trinajstić information content (AvgIpc) is 2.23. The molecule has 2 aromatic carbocycles. The summed E-state index contributed by atoms with van der Waals surface area (Å²) in [5, 5.41) is 9.44. The van der Waals surface area contributed by atoms with Crippen LogP contribution in [0.2, 0.25) is 0 Å². The first-order valence-corrected chi connectivity index (χ1v) is 4.28. The normalized spacial score (nSPS) is 9.71. The molecule has 0 heterocycles. The predicted molar refractivity (Wildman–Crippen MR) is 53.5 cm³/mol. The molecular weight excluding hydrogens is 176 g/mol. The van der Waals surface area contributed by atoms with E-state index in [0.29, 0.717) is 11.5 Å². The van der Waals surface area contributed by atoms with Crippen LogP contribution in [0.1, 0.15) is 0 Å². The lowest BCUT2D eigenvalue weighted by atomic mass is 10.3. The molecule has 2 rings (SSSR count). The van der Waals surface area contributed by atoms with Gasteiger partial charge in [0.25, 0.3) is 0 Å². The molecule has 0 atom stereocenters. The summed E-state index contributed by atoms with van der Waals surface area (Å²) < 4.78 is 5.44. The summed E-state index contributed by atoms with van der Waals surface area (Å²) >= 11 is 0. The summed E-state index contributed by atoms with van der Waals surface area (Å²) in [6.45, 7) is 0. The monoisotopic (exact) mass is 185 g/mol. The molecule has 0 saturated carbocycles. The van der Waals surface area contributed by atoms with Crippen molar-refractivity contribution in [1.29, 1.82) is 0 Å². The highest BCUT2D eigenvalue weighted by Crippen LogP contribution is 2.29. The van der Waals surface area contributed by atoms with Crippen LogP contribution < -0.4 is 4.74 Å². The maximum Gasteiger partial charge on any atom is 0.169 e. The molecule has 0 saturated heterocycles. The van der Waals surface area contributed by atoms with Crippen molar-refractivity contribution in [2.24, 2.45) is 0 Å². The van der Waals surface area contributed by atoms with Gasteiger partial charge in [-0.3, -0.25) is 0 Å². The molecule has 2 aromatic rings. The maximum absolute atomic E-state index is 9.44. The average molecular weight is 185 g/mol. The Labute approximate surface area is 82.4 Å². The van der Waals surface area contributed by atoms with Crippen LogP contribution in [-0.4, -0.2) is 5.11 Å². The van der Waals surface area contributed by atoms with E-state index >= 15 is 0 Å². The molecule has 0 spiro atoms. The van der Waals surface area contributed by atoms with Crippen LogP contribution in [0.4, 0.5) is 0 Å². The van der Waals surface area contributed by atoms with Crippen LogP contribution in [0.5, 0.6) is 17.2 Å². The summed E-state index contributed by atoms with van der Waals surface area (Å²) in [5.74, 6) is 1.28. The van der Waals surface area contributed by atoms with Crippen LogP contribution in [0.3, 0.4) is 0 Å². The van der Waals surface area contributed by atoms with Gasteiger partial charge in [-0.25, -0.2) is 0 Å². The third-order valence-electron chi connectivity index (χ3n) is 1.78. The smallest absolute Gasteiger partial charge is 0.169 e. The Bertz CT molecular complexity index is 410. The van der Waals surface area contributed by atoms with Gasteiger partial charge in [-0.15, -0.1) is 0 Å². The van der Waals surface area contributed by atoms with Crippen LogP contribution >= 0.6 is 0 Å². The number of ether oxygens (including phenoxy) is 1. The molecule has 0 aliphatic heterocycles.